The second-order valence-corrected chi connectivity index (χ2v) is 12.2. The van der Waals surface area contributed by atoms with Crippen molar-refractivity contribution in [2.75, 3.05) is 0 Å². The molecule has 51 heavy (non-hydrogen) atoms. The van der Waals surface area contributed by atoms with E-state index in [0.29, 0.717) is 27.8 Å². The Balaban J connectivity index is 1.25. The molecule has 7 aromatic carbocycles. The van der Waals surface area contributed by atoms with Gasteiger partial charge in [-0.05, 0) is 65.7 Å². The molecular formula is C45H26N4O2. The van der Waals surface area contributed by atoms with Gasteiger partial charge in [0, 0.05) is 43.4 Å². The van der Waals surface area contributed by atoms with Crippen molar-refractivity contribution in [3.8, 4) is 39.9 Å². The summed E-state index contributed by atoms with van der Waals surface area (Å²) < 4.78 is 92.6. The predicted molar refractivity (Wildman–Crippen MR) is 205 cm³/mol. The first-order valence-corrected chi connectivity index (χ1v) is 16.2. The lowest BCUT2D eigenvalue weighted by Gasteiger charge is -2.11. The minimum atomic E-state index is -0.557. The predicted octanol–water partition coefficient (Wildman–Crippen LogP) is 11.8. The molecule has 6 heteroatoms. The van der Waals surface area contributed by atoms with E-state index in [-0.39, 0.29) is 57.1 Å². The van der Waals surface area contributed by atoms with E-state index in [1.54, 1.807) is 18.2 Å². The van der Waals surface area contributed by atoms with Crippen LogP contribution in [0.25, 0.3) is 106 Å². The SMILES string of the molecule is [2H]c1c([2H])c([2H])c(-c2cccc3c2c2c([2H])c([2H])c([2H])c([2H])c2n3-c2nc(-c3ccc4c(c3)oc3ccccc34)nc(-c3ccc4oc5ccccc5c4c3)n2)c([2H])c1[2H]. The smallest absolute Gasteiger partial charge is 0.238 e. The molecule has 0 saturated heterocycles. The van der Waals surface area contributed by atoms with Crippen LogP contribution in [0.1, 0.15) is 12.3 Å². The Bertz CT molecular complexity index is 3660. The van der Waals surface area contributed by atoms with Gasteiger partial charge in [0.2, 0.25) is 5.95 Å². The van der Waals surface area contributed by atoms with Crippen LogP contribution in [-0.2, 0) is 0 Å². The largest absolute Gasteiger partial charge is 0.456 e. The fraction of sp³-hybridized carbons (Fsp3) is 0. The van der Waals surface area contributed by atoms with E-state index in [0.717, 1.165) is 32.7 Å². The maximum atomic E-state index is 9.27. The third-order valence-electron chi connectivity index (χ3n) is 9.29. The molecule has 0 amide bonds. The van der Waals surface area contributed by atoms with E-state index < -0.39 is 42.3 Å². The first kappa shape index (κ1) is 20.5. The van der Waals surface area contributed by atoms with Crippen molar-refractivity contribution in [1.29, 1.82) is 0 Å². The third kappa shape index (κ3) is 4.26. The quantitative estimate of drug-likeness (QED) is 0.187. The lowest BCUT2D eigenvalue weighted by Crippen LogP contribution is -2.06. The van der Waals surface area contributed by atoms with E-state index in [9.17, 15) is 2.74 Å². The van der Waals surface area contributed by atoms with Crippen LogP contribution in [0.5, 0.6) is 0 Å². The summed E-state index contributed by atoms with van der Waals surface area (Å²) >= 11 is 0. The van der Waals surface area contributed by atoms with Crippen LogP contribution >= 0.6 is 0 Å². The first-order valence-electron chi connectivity index (χ1n) is 20.7. The standard InChI is InChI=1S/C45H26N4O2/c1-2-11-27(12-3-1)30-16-10-18-37-42(30)34-15-4-7-17-36(34)49(37)45-47-43(28-22-24-40-35(25-28)32-14-6-9-20-39(32)50-40)46-44(48-45)29-21-23-33-31-13-5-8-19-38(31)51-41(33)26-29/h1-26H/i1D,2D,3D,4D,7D,11D,12D,15D,17D. The van der Waals surface area contributed by atoms with Gasteiger partial charge in [-0.3, -0.25) is 4.57 Å². The van der Waals surface area contributed by atoms with Gasteiger partial charge in [-0.1, -0.05) is 103 Å². The summed E-state index contributed by atoms with van der Waals surface area (Å²) in [7, 11) is 0. The van der Waals surface area contributed by atoms with E-state index >= 15 is 0 Å². The summed E-state index contributed by atoms with van der Waals surface area (Å²) in [4.78, 5) is 15.0. The summed E-state index contributed by atoms with van der Waals surface area (Å²) in [6, 6.07) is 27.3. The van der Waals surface area contributed by atoms with Crippen LogP contribution in [-0.4, -0.2) is 19.5 Å². The van der Waals surface area contributed by atoms with Gasteiger partial charge >= 0.3 is 0 Å². The lowest BCUT2D eigenvalue weighted by atomic mass is 9.99. The molecule has 0 atom stereocenters. The Hall–Kier alpha value is -7.05. The fourth-order valence-corrected chi connectivity index (χ4v) is 7.02. The molecule has 0 saturated carbocycles. The first-order chi connectivity index (χ1) is 29.0. The van der Waals surface area contributed by atoms with Crippen LogP contribution in [0, 0.1) is 0 Å². The molecule has 238 valence electrons. The number of hydrogen-bond acceptors (Lipinski definition) is 5. The highest BCUT2D eigenvalue weighted by Gasteiger charge is 2.21. The van der Waals surface area contributed by atoms with Gasteiger partial charge in [0.25, 0.3) is 0 Å². The Labute approximate surface area is 303 Å². The molecule has 11 aromatic rings. The molecule has 0 bridgehead atoms. The summed E-state index contributed by atoms with van der Waals surface area (Å²) in [5.41, 5.74) is 4.33. The number of para-hydroxylation sites is 3. The molecule has 0 aliphatic rings. The van der Waals surface area contributed by atoms with Crippen LogP contribution in [0.2, 0.25) is 0 Å². The van der Waals surface area contributed by atoms with Gasteiger partial charge in [-0.2, -0.15) is 9.97 Å². The number of hydrogen-bond donors (Lipinski definition) is 0. The molecule has 0 spiro atoms. The number of aromatic nitrogens is 4. The Kier molecular flexibility index (Phi) is 4.30. The molecule has 11 rings (SSSR count). The maximum absolute atomic E-state index is 9.27. The summed E-state index contributed by atoms with van der Waals surface area (Å²) in [6.45, 7) is 0. The third-order valence-corrected chi connectivity index (χ3v) is 9.29. The van der Waals surface area contributed by atoms with Crippen LogP contribution in [0.15, 0.2) is 166 Å². The van der Waals surface area contributed by atoms with Gasteiger partial charge in [0.15, 0.2) is 11.6 Å². The Morgan fingerprint density at radius 2 is 1.10 bits per heavy atom. The van der Waals surface area contributed by atoms with E-state index in [2.05, 4.69) is 0 Å². The van der Waals surface area contributed by atoms with E-state index in [1.165, 1.54) is 4.57 Å². The number of fused-ring (bicyclic) bond motifs is 9. The van der Waals surface area contributed by atoms with Gasteiger partial charge in [-0.15, -0.1) is 0 Å². The summed E-state index contributed by atoms with van der Waals surface area (Å²) in [5.74, 6) is 0.511. The highest BCUT2D eigenvalue weighted by molar-refractivity contribution is 6.15. The normalized spacial score (nSPS) is 14.4. The zero-order valence-corrected chi connectivity index (χ0v) is 26.4. The van der Waals surface area contributed by atoms with E-state index in [4.69, 9.17) is 33.4 Å². The number of rotatable bonds is 4. The van der Waals surface area contributed by atoms with Crippen molar-refractivity contribution >= 4 is 65.7 Å². The second-order valence-electron chi connectivity index (χ2n) is 12.2. The maximum Gasteiger partial charge on any atom is 0.238 e. The molecule has 0 unspecified atom stereocenters. The van der Waals surface area contributed by atoms with Crippen molar-refractivity contribution in [3.05, 3.63) is 158 Å². The Morgan fingerprint density at radius 3 is 1.92 bits per heavy atom. The van der Waals surface area contributed by atoms with Crippen molar-refractivity contribution < 1.29 is 21.2 Å². The Morgan fingerprint density at radius 1 is 0.451 bits per heavy atom. The second kappa shape index (κ2) is 10.7. The molecular weight excluding hydrogens is 629 g/mol. The highest BCUT2D eigenvalue weighted by atomic mass is 16.3. The molecule has 0 aliphatic heterocycles. The van der Waals surface area contributed by atoms with Gasteiger partial charge in [-0.25, -0.2) is 4.98 Å². The molecule has 0 N–H and O–H groups in total. The zero-order valence-electron chi connectivity index (χ0n) is 35.4. The molecule has 0 fully saturated rings. The lowest BCUT2D eigenvalue weighted by molar-refractivity contribution is 0.668. The van der Waals surface area contributed by atoms with Crippen molar-refractivity contribution in [1.82, 2.24) is 19.5 Å². The number of nitrogens with zero attached hydrogens (tertiary/aromatic N) is 4. The molecule has 0 aliphatic carbocycles. The number of furan rings is 2. The van der Waals surface area contributed by atoms with E-state index in [1.807, 2.05) is 84.9 Å². The zero-order chi connectivity index (χ0) is 41.3. The van der Waals surface area contributed by atoms with Crippen LogP contribution in [0.3, 0.4) is 0 Å². The van der Waals surface area contributed by atoms with Gasteiger partial charge in [0.1, 0.15) is 22.3 Å². The van der Waals surface area contributed by atoms with Crippen molar-refractivity contribution in [2.45, 2.75) is 0 Å². The van der Waals surface area contributed by atoms with Crippen molar-refractivity contribution in [2.24, 2.45) is 0 Å². The average Bonchev–Trinajstić information content (AvgIpc) is 3.95. The molecule has 4 aromatic heterocycles. The monoisotopic (exact) mass is 663 g/mol. The van der Waals surface area contributed by atoms with Gasteiger partial charge in [0.05, 0.1) is 23.4 Å². The topological polar surface area (TPSA) is 69.9 Å². The molecule has 0 radical (unpaired) electrons. The minimum absolute atomic E-state index is 0.0140. The fourth-order valence-electron chi connectivity index (χ4n) is 7.02. The van der Waals surface area contributed by atoms with Crippen molar-refractivity contribution in [3.63, 3.8) is 0 Å². The van der Waals surface area contributed by atoms with Crippen LogP contribution < -0.4 is 0 Å². The number of benzene rings is 7. The highest BCUT2D eigenvalue weighted by Crippen LogP contribution is 2.39. The summed E-state index contributed by atoms with van der Waals surface area (Å²) in [5, 5.41) is 3.89. The molecule has 4 heterocycles. The molecule has 6 nitrogen and oxygen atoms in total. The average molecular weight is 664 g/mol. The minimum Gasteiger partial charge on any atom is -0.456 e. The van der Waals surface area contributed by atoms with Gasteiger partial charge < -0.3 is 8.83 Å². The summed E-state index contributed by atoms with van der Waals surface area (Å²) in [6.07, 6.45) is 0. The van der Waals surface area contributed by atoms with Crippen LogP contribution in [0.4, 0.5) is 0 Å².